The van der Waals surface area contributed by atoms with Gasteiger partial charge in [0.2, 0.25) is 53.2 Å². The second-order valence-electron chi connectivity index (χ2n) is 19.0. The number of fused-ring (bicyclic) bond motifs is 2. The number of likely N-dealkylation sites (tertiary alicyclic amines) is 1. The number of carboxylic acids is 1. The van der Waals surface area contributed by atoms with E-state index in [2.05, 4.69) is 52.5 Å². The van der Waals surface area contributed by atoms with Gasteiger partial charge in [0.25, 0.3) is 0 Å². The summed E-state index contributed by atoms with van der Waals surface area (Å²) in [4.78, 5) is 140. The van der Waals surface area contributed by atoms with Crippen LogP contribution >= 0.6 is 11.8 Å². The first-order valence-electron chi connectivity index (χ1n) is 27.1. The van der Waals surface area contributed by atoms with E-state index < -0.39 is 89.8 Å². The number of H-pyrrole nitrogens is 2. The number of hydrogen-bond acceptors (Lipinski definition) is 12. The lowest BCUT2D eigenvalue weighted by molar-refractivity contribution is -0.141. The third kappa shape index (κ3) is 19.4. The Kier molecular flexibility index (Phi) is 25.7. The minimum Gasteiger partial charge on any atom is -0.480 e. The first kappa shape index (κ1) is 62.8. The molecule has 0 aliphatic carbocycles. The molecule has 23 heteroatoms. The van der Waals surface area contributed by atoms with E-state index in [1.807, 2.05) is 93.7 Å². The lowest BCUT2D eigenvalue weighted by atomic mass is 10.0. The molecule has 9 amide bonds. The van der Waals surface area contributed by atoms with Gasteiger partial charge in [0.1, 0.15) is 24.2 Å². The Morgan fingerprint density at radius 3 is 1.69 bits per heavy atom. The molecule has 3 heterocycles. The molecule has 1 fully saturated rings. The molecule has 430 valence electrons. The van der Waals surface area contributed by atoms with Gasteiger partial charge in [0.15, 0.2) is 0 Å². The van der Waals surface area contributed by atoms with E-state index in [4.69, 9.17) is 0 Å². The van der Waals surface area contributed by atoms with Gasteiger partial charge in [-0.2, -0.15) is 0 Å². The normalized spacial score (nSPS) is 14.4. The van der Waals surface area contributed by atoms with Crippen molar-refractivity contribution in [3.63, 3.8) is 0 Å². The number of nitrogens with one attached hydrogen (secondary N) is 10. The number of benzene rings is 3. The SMILES string of the molecule is CC.CNCCCCCCCC(=O)NC(Cc1ccccc1)C(=O)NCC(=O)NC(Cc1c[nH]c2ccccc12)C(=O)NC(Cc1c[nH]c2ccccc12)C(=O)NCC(=O)NC(CSC1CC(=O)N(CCC(=O)NC)C1=O)C(=O)O. The first-order valence-corrected chi connectivity index (χ1v) is 28.1. The number of thioether (sulfide) groups is 1. The smallest absolute Gasteiger partial charge is 0.327 e. The van der Waals surface area contributed by atoms with Gasteiger partial charge in [-0.1, -0.05) is 99.8 Å². The summed E-state index contributed by atoms with van der Waals surface area (Å²) in [5.41, 5.74) is 3.58. The second kappa shape index (κ2) is 32.8. The number of aliphatic carboxylic acids is 1. The van der Waals surface area contributed by atoms with Gasteiger partial charge in [-0.05, 0) is 55.3 Å². The van der Waals surface area contributed by atoms with Crippen molar-refractivity contribution in [3.05, 3.63) is 108 Å². The number of aromatic amines is 2. The molecule has 5 atom stereocenters. The number of unbranched alkanes of at least 4 members (excludes halogenated alkanes) is 4. The summed E-state index contributed by atoms with van der Waals surface area (Å²) in [6.45, 7) is 3.50. The fourth-order valence-corrected chi connectivity index (χ4v) is 10.2. The summed E-state index contributed by atoms with van der Waals surface area (Å²) in [5, 5.41) is 31.9. The number of amides is 9. The van der Waals surface area contributed by atoms with Crippen molar-refractivity contribution < 1.29 is 53.1 Å². The highest BCUT2D eigenvalue weighted by Gasteiger charge is 2.40. The minimum absolute atomic E-state index is 0.0647. The summed E-state index contributed by atoms with van der Waals surface area (Å²) in [7, 11) is 3.33. The number of para-hydroxylation sites is 2. The molecule has 0 spiro atoms. The Morgan fingerprint density at radius 2 is 1.11 bits per heavy atom. The van der Waals surface area contributed by atoms with E-state index in [0.717, 1.165) is 76.3 Å². The molecule has 5 aromatic rings. The van der Waals surface area contributed by atoms with Gasteiger partial charge in [-0.25, -0.2) is 4.79 Å². The van der Waals surface area contributed by atoms with E-state index in [9.17, 15) is 53.1 Å². The lowest BCUT2D eigenvalue weighted by Crippen LogP contribution is -2.57. The quantitative estimate of drug-likeness (QED) is 0.0218. The summed E-state index contributed by atoms with van der Waals surface area (Å²) >= 11 is 0.863. The zero-order valence-electron chi connectivity index (χ0n) is 45.7. The van der Waals surface area contributed by atoms with Gasteiger partial charge >= 0.3 is 5.97 Å². The largest absolute Gasteiger partial charge is 0.480 e. The third-order valence-corrected chi connectivity index (χ3v) is 14.5. The molecule has 2 aromatic heterocycles. The van der Waals surface area contributed by atoms with Gasteiger partial charge in [-0.15, -0.1) is 11.8 Å². The van der Waals surface area contributed by atoms with E-state index in [1.54, 1.807) is 18.5 Å². The van der Waals surface area contributed by atoms with Crippen LogP contribution in [0.25, 0.3) is 21.8 Å². The third-order valence-electron chi connectivity index (χ3n) is 13.2. The standard InChI is InChI=1S/C55H69N11O11S.C2H6/c1-56-23-14-5-3-4-9-21-47(68)62-41(25-34-15-7-6-8-16-34)51(72)60-31-48(69)63-43(27-36-30-59-40-20-13-11-18-38(36)40)53(74)65-42(26-35-29-58-39-19-12-10-17-37(35)39)52(73)61-32-49(70)64-44(55(76)77)33-78-45-28-50(71)66(54(45)75)24-22-46(67)57-2;1-2/h6-8,10-13,15-20,29-30,41-45,56,58-59H,3-5,9,14,21-28,31-33H2,1-2H3,(H,57,67)(H,60,72)(H,61,73)(H,62,68)(H,63,69)(H,64,70)(H,65,74)(H,76,77);1-2H3. The molecule has 80 heavy (non-hydrogen) atoms. The van der Waals surface area contributed by atoms with Gasteiger partial charge < -0.3 is 57.6 Å². The van der Waals surface area contributed by atoms with E-state index in [0.29, 0.717) is 17.5 Å². The van der Waals surface area contributed by atoms with E-state index in [-0.39, 0.29) is 62.6 Å². The molecule has 6 rings (SSSR count). The van der Waals surface area contributed by atoms with Crippen LogP contribution in [0.15, 0.2) is 91.3 Å². The molecular formula is C57H75N11O11S. The average Bonchev–Trinajstić information content (AvgIpc) is 4.15. The fourth-order valence-electron chi connectivity index (χ4n) is 8.99. The highest BCUT2D eigenvalue weighted by molar-refractivity contribution is 8.00. The predicted molar refractivity (Wildman–Crippen MR) is 305 cm³/mol. The lowest BCUT2D eigenvalue weighted by Gasteiger charge is -2.24. The molecule has 22 nitrogen and oxygen atoms in total. The summed E-state index contributed by atoms with van der Waals surface area (Å²) in [6, 6.07) is 18.5. The maximum atomic E-state index is 14.6. The number of carbonyl (C=O) groups is 10. The van der Waals surface area contributed by atoms with E-state index >= 15 is 0 Å². The second-order valence-corrected chi connectivity index (χ2v) is 20.2. The Labute approximate surface area is 469 Å². The number of aromatic nitrogens is 2. The van der Waals surface area contributed by atoms with Crippen LogP contribution in [0.2, 0.25) is 0 Å². The molecule has 1 aliphatic rings. The van der Waals surface area contributed by atoms with Crippen LogP contribution in [0.1, 0.15) is 81.9 Å². The van der Waals surface area contributed by atoms with Crippen LogP contribution in [0.4, 0.5) is 0 Å². The molecule has 3 aromatic carbocycles. The van der Waals surface area contributed by atoms with Crippen molar-refractivity contribution in [1.29, 1.82) is 0 Å². The van der Waals surface area contributed by atoms with Crippen LogP contribution in [-0.2, 0) is 67.2 Å². The van der Waals surface area contributed by atoms with Crippen molar-refractivity contribution in [3.8, 4) is 0 Å². The molecule has 1 aliphatic heterocycles. The van der Waals surface area contributed by atoms with Crippen molar-refractivity contribution in [2.24, 2.45) is 0 Å². The van der Waals surface area contributed by atoms with Crippen molar-refractivity contribution in [2.45, 2.75) is 114 Å². The summed E-state index contributed by atoms with van der Waals surface area (Å²) in [6.07, 6.45) is 7.87. The molecule has 5 unspecified atom stereocenters. The van der Waals surface area contributed by atoms with Gasteiger partial charge in [-0.3, -0.25) is 48.1 Å². The summed E-state index contributed by atoms with van der Waals surface area (Å²) in [5.74, 6) is -7.35. The molecule has 0 saturated carbocycles. The number of nitrogens with zero attached hydrogens (tertiary/aromatic N) is 1. The topological polar surface area (TPSA) is 322 Å². The molecule has 0 bridgehead atoms. The van der Waals surface area contributed by atoms with Gasteiger partial charge in [0, 0.05) is 92.1 Å². The Morgan fingerprint density at radius 1 is 0.600 bits per heavy atom. The monoisotopic (exact) mass is 1120 g/mol. The maximum absolute atomic E-state index is 14.6. The number of carbonyl (C=O) groups excluding carboxylic acids is 9. The van der Waals surface area contributed by atoms with Crippen molar-refractivity contribution >= 4 is 92.7 Å². The van der Waals surface area contributed by atoms with Gasteiger partial charge in [0.05, 0.1) is 18.3 Å². The number of imide groups is 1. The van der Waals surface area contributed by atoms with Crippen LogP contribution in [0, 0.1) is 0 Å². The fraction of sp³-hybridized carbons (Fsp3) is 0.439. The van der Waals surface area contributed by atoms with Crippen molar-refractivity contribution in [1.82, 2.24) is 57.4 Å². The molecule has 0 radical (unpaired) electrons. The van der Waals surface area contributed by atoms with Crippen LogP contribution in [0.3, 0.4) is 0 Å². The van der Waals surface area contributed by atoms with E-state index in [1.165, 1.54) is 7.05 Å². The average molecular weight is 1120 g/mol. The first-order chi connectivity index (χ1) is 38.6. The van der Waals surface area contributed by atoms with Crippen LogP contribution < -0.4 is 42.5 Å². The number of carboxylic acid groups (broad SMARTS) is 1. The predicted octanol–water partition coefficient (Wildman–Crippen LogP) is 2.52. The maximum Gasteiger partial charge on any atom is 0.327 e. The molecule has 1 saturated heterocycles. The minimum atomic E-state index is -1.53. The van der Waals surface area contributed by atoms with Crippen LogP contribution in [0.5, 0.6) is 0 Å². The molecule has 11 N–H and O–H groups in total. The zero-order chi connectivity index (χ0) is 58.0. The Balaban J connectivity index is 0.00000581. The zero-order valence-corrected chi connectivity index (χ0v) is 46.6. The Hall–Kier alpha value is -8.05. The number of rotatable bonds is 32. The molecular weight excluding hydrogens is 1050 g/mol. The number of hydrogen-bond donors (Lipinski definition) is 11. The summed E-state index contributed by atoms with van der Waals surface area (Å²) < 4.78 is 0. The highest BCUT2D eigenvalue weighted by atomic mass is 32.2. The van der Waals surface area contributed by atoms with Crippen molar-refractivity contribution in [2.75, 3.05) is 46.0 Å². The highest BCUT2D eigenvalue weighted by Crippen LogP contribution is 2.26. The van der Waals surface area contributed by atoms with Crippen LogP contribution in [-0.4, -0.2) is 155 Å². The Bertz CT molecular complexity index is 2910.